The number of piperidine rings is 2. The van der Waals surface area contributed by atoms with Crippen LogP contribution in [0.15, 0.2) is 6.07 Å². The summed E-state index contributed by atoms with van der Waals surface area (Å²) in [6.45, 7) is 7.25. The summed E-state index contributed by atoms with van der Waals surface area (Å²) in [4.78, 5) is 27.4. The molecule has 0 aliphatic carbocycles. The summed E-state index contributed by atoms with van der Waals surface area (Å²) < 4.78 is 6.02. The number of rotatable bonds is 7. The molecule has 4 aliphatic heterocycles. The number of nitrogens with one attached hydrogen (secondary N) is 3. The number of fused-ring (bicyclic) bond motifs is 2. The number of nitrogens with zero attached hydrogens (tertiary/aromatic N) is 5. The molecule has 0 saturated carbocycles. The van der Waals surface area contributed by atoms with Gasteiger partial charge in [-0.2, -0.15) is 10.1 Å². The molecule has 4 fully saturated rings. The van der Waals surface area contributed by atoms with Crippen LogP contribution in [0.2, 0.25) is 0 Å². The van der Waals surface area contributed by atoms with Gasteiger partial charge in [0.2, 0.25) is 11.9 Å². The Balaban J connectivity index is 1.19. The average Bonchev–Trinajstić information content (AvgIpc) is 3.65. The smallest absolute Gasteiger partial charge is 0.236 e. The van der Waals surface area contributed by atoms with Crippen LogP contribution in [-0.4, -0.2) is 80.2 Å². The van der Waals surface area contributed by atoms with Crippen LogP contribution in [-0.2, 0) is 9.53 Å². The van der Waals surface area contributed by atoms with E-state index in [0.717, 1.165) is 99.7 Å². The topological polar surface area (TPSA) is 111 Å². The molecule has 1 amide bonds. The van der Waals surface area contributed by atoms with E-state index >= 15 is 0 Å². The number of aromatic nitrogens is 4. The Kier molecular flexibility index (Phi) is 7.03. The molecule has 0 aromatic carbocycles. The van der Waals surface area contributed by atoms with Crippen LogP contribution >= 0.6 is 0 Å². The summed E-state index contributed by atoms with van der Waals surface area (Å²) in [5.41, 5.74) is 2.96. The fourth-order valence-electron chi connectivity index (χ4n) is 6.69. The molecule has 4 aliphatic rings. The highest BCUT2D eigenvalue weighted by Crippen LogP contribution is 2.37. The van der Waals surface area contributed by atoms with Crippen molar-refractivity contribution >= 4 is 23.5 Å². The monoisotopic (exact) mass is 508 g/mol. The Morgan fingerprint density at radius 1 is 1.08 bits per heavy atom. The third-order valence-corrected chi connectivity index (χ3v) is 8.61. The molecule has 0 radical (unpaired) electrons. The van der Waals surface area contributed by atoms with Gasteiger partial charge in [-0.15, -0.1) is 0 Å². The van der Waals surface area contributed by atoms with Crippen molar-refractivity contribution in [2.45, 2.75) is 95.9 Å². The van der Waals surface area contributed by atoms with Crippen molar-refractivity contribution in [3.8, 4) is 0 Å². The molecule has 37 heavy (non-hydrogen) atoms. The van der Waals surface area contributed by atoms with Gasteiger partial charge in [0, 0.05) is 55.1 Å². The standard InChI is InChI=1S/C27H40N8O2/c1-17-13-23(33-32-17)29-26-18(2)25(22-9-6-12-37-22)30-27(31-26)28-19-14-20-7-5-8-21(15-19)35(20)16-24(36)34-10-3-4-11-34/h13,19-22H,3-12,14-16H2,1-2H3,(H3,28,29,30,31,32,33). The second kappa shape index (κ2) is 10.6. The predicted octanol–water partition coefficient (Wildman–Crippen LogP) is 3.83. The summed E-state index contributed by atoms with van der Waals surface area (Å²) in [5, 5.41) is 14.4. The van der Waals surface area contributed by atoms with Crippen LogP contribution in [0.1, 0.15) is 80.8 Å². The van der Waals surface area contributed by atoms with E-state index < -0.39 is 0 Å². The van der Waals surface area contributed by atoms with E-state index in [2.05, 4.69) is 37.6 Å². The van der Waals surface area contributed by atoms with Gasteiger partial charge in [-0.05, 0) is 65.2 Å². The van der Waals surface area contributed by atoms with E-state index in [9.17, 15) is 4.79 Å². The van der Waals surface area contributed by atoms with Gasteiger partial charge >= 0.3 is 0 Å². The van der Waals surface area contributed by atoms with Crippen molar-refractivity contribution in [3.63, 3.8) is 0 Å². The van der Waals surface area contributed by atoms with Crippen LogP contribution in [0.25, 0.3) is 0 Å². The normalized spacial score (nSPS) is 28.0. The van der Waals surface area contributed by atoms with E-state index in [-0.39, 0.29) is 12.1 Å². The van der Waals surface area contributed by atoms with E-state index in [4.69, 9.17) is 14.7 Å². The average molecular weight is 509 g/mol. The number of ether oxygens (including phenoxy) is 1. The minimum Gasteiger partial charge on any atom is -0.372 e. The lowest BCUT2D eigenvalue weighted by molar-refractivity contribution is -0.134. The Morgan fingerprint density at radius 3 is 2.54 bits per heavy atom. The van der Waals surface area contributed by atoms with Gasteiger partial charge in [-0.1, -0.05) is 6.42 Å². The molecule has 6 rings (SSSR count). The number of aryl methyl sites for hydroxylation is 1. The summed E-state index contributed by atoms with van der Waals surface area (Å²) in [7, 11) is 0. The molecule has 10 heteroatoms. The SMILES string of the molecule is Cc1cc(Nc2nc(NC3CC4CCCC(C3)N4CC(=O)N3CCCC3)nc(C3CCCO3)c2C)n[nH]1. The fraction of sp³-hybridized carbons (Fsp3) is 0.704. The molecular formula is C27H40N8O2. The lowest BCUT2D eigenvalue weighted by Crippen LogP contribution is -2.57. The zero-order chi connectivity index (χ0) is 25.4. The first-order chi connectivity index (χ1) is 18.0. The Hall–Kier alpha value is -2.72. The maximum Gasteiger partial charge on any atom is 0.236 e. The van der Waals surface area contributed by atoms with Crippen molar-refractivity contribution in [2.75, 3.05) is 36.9 Å². The molecule has 2 aromatic rings. The number of amides is 1. The van der Waals surface area contributed by atoms with Gasteiger partial charge in [0.25, 0.3) is 0 Å². The largest absolute Gasteiger partial charge is 0.372 e. The van der Waals surface area contributed by atoms with Crippen molar-refractivity contribution < 1.29 is 9.53 Å². The molecule has 3 atom stereocenters. The molecule has 4 saturated heterocycles. The first-order valence-corrected chi connectivity index (χ1v) is 14.1. The van der Waals surface area contributed by atoms with Crippen LogP contribution in [0.5, 0.6) is 0 Å². The minimum absolute atomic E-state index is 0.00264. The first kappa shape index (κ1) is 24.6. The van der Waals surface area contributed by atoms with Crippen molar-refractivity contribution in [1.29, 1.82) is 0 Å². The molecule has 0 spiro atoms. The molecule has 6 heterocycles. The third kappa shape index (κ3) is 5.31. The van der Waals surface area contributed by atoms with Gasteiger partial charge in [-0.3, -0.25) is 14.8 Å². The number of hydrogen-bond donors (Lipinski definition) is 3. The molecule has 10 nitrogen and oxygen atoms in total. The molecule has 2 aromatic heterocycles. The number of H-pyrrole nitrogens is 1. The van der Waals surface area contributed by atoms with Crippen molar-refractivity contribution in [2.24, 2.45) is 0 Å². The van der Waals surface area contributed by atoms with Crippen molar-refractivity contribution in [1.82, 2.24) is 30.0 Å². The maximum absolute atomic E-state index is 12.9. The van der Waals surface area contributed by atoms with Gasteiger partial charge in [0.1, 0.15) is 11.9 Å². The number of anilines is 3. The van der Waals surface area contributed by atoms with Gasteiger partial charge < -0.3 is 20.3 Å². The Labute approximate surface area is 218 Å². The highest BCUT2D eigenvalue weighted by atomic mass is 16.5. The summed E-state index contributed by atoms with van der Waals surface area (Å²) >= 11 is 0. The quantitative estimate of drug-likeness (QED) is 0.518. The predicted molar refractivity (Wildman–Crippen MR) is 142 cm³/mol. The zero-order valence-electron chi connectivity index (χ0n) is 22.1. The zero-order valence-corrected chi connectivity index (χ0v) is 22.1. The first-order valence-electron chi connectivity index (χ1n) is 14.1. The highest BCUT2D eigenvalue weighted by Gasteiger charge is 2.40. The lowest BCUT2D eigenvalue weighted by atomic mass is 9.81. The third-order valence-electron chi connectivity index (χ3n) is 8.61. The van der Waals surface area contributed by atoms with Crippen LogP contribution < -0.4 is 10.6 Å². The number of hydrogen-bond acceptors (Lipinski definition) is 8. The van der Waals surface area contributed by atoms with Gasteiger partial charge in [-0.25, -0.2) is 4.98 Å². The number of carbonyl (C=O) groups excluding carboxylic acids is 1. The number of carbonyl (C=O) groups is 1. The molecular weight excluding hydrogens is 468 g/mol. The lowest BCUT2D eigenvalue weighted by Gasteiger charge is -2.49. The van der Waals surface area contributed by atoms with E-state index in [1.165, 1.54) is 6.42 Å². The summed E-state index contributed by atoms with van der Waals surface area (Å²) in [6.07, 6.45) is 9.90. The molecule has 3 N–H and O–H groups in total. The van der Waals surface area contributed by atoms with Crippen LogP contribution in [0, 0.1) is 13.8 Å². The van der Waals surface area contributed by atoms with Gasteiger partial charge in [0.05, 0.1) is 12.2 Å². The van der Waals surface area contributed by atoms with E-state index in [1.54, 1.807) is 0 Å². The molecule has 2 bridgehead atoms. The Bertz CT molecular complexity index is 1090. The summed E-state index contributed by atoms with van der Waals surface area (Å²) in [6, 6.07) is 3.13. The van der Waals surface area contributed by atoms with E-state index in [0.29, 0.717) is 30.5 Å². The molecule has 200 valence electrons. The second-order valence-corrected chi connectivity index (χ2v) is 11.3. The van der Waals surface area contributed by atoms with Gasteiger partial charge in [0.15, 0.2) is 5.82 Å². The summed E-state index contributed by atoms with van der Waals surface area (Å²) in [5.74, 6) is 2.47. The van der Waals surface area contributed by atoms with Crippen LogP contribution in [0.3, 0.4) is 0 Å². The number of aromatic amines is 1. The second-order valence-electron chi connectivity index (χ2n) is 11.3. The highest BCUT2D eigenvalue weighted by molar-refractivity contribution is 5.78. The Morgan fingerprint density at radius 2 is 1.86 bits per heavy atom. The number of likely N-dealkylation sites (tertiary alicyclic amines) is 1. The fourth-order valence-corrected chi connectivity index (χ4v) is 6.69. The minimum atomic E-state index is 0.00264. The van der Waals surface area contributed by atoms with E-state index in [1.807, 2.05) is 13.0 Å². The van der Waals surface area contributed by atoms with Crippen LogP contribution in [0.4, 0.5) is 17.6 Å². The van der Waals surface area contributed by atoms with Crippen molar-refractivity contribution in [3.05, 3.63) is 23.0 Å². The maximum atomic E-state index is 12.9. The molecule has 3 unspecified atom stereocenters.